The molecule has 1 aromatic carbocycles. The van der Waals surface area contributed by atoms with Crippen LogP contribution in [-0.4, -0.2) is 19.1 Å². The van der Waals surface area contributed by atoms with E-state index in [-0.39, 0.29) is 11.9 Å². The Labute approximate surface area is 127 Å². The lowest BCUT2D eigenvalue weighted by molar-refractivity contribution is 0.0939. The highest BCUT2D eigenvalue weighted by Crippen LogP contribution is 2.35. The quantitative estimate of drug-likeness (QED) is 0.855. The van der Waals surface area contributed by atoms with Gasteiger partial charge >= 0.3 is 0 Å². The van der Waals surface area contributed by atoms with Crippen LogP contribution in [0, 0.1) is 0 Å². The van der Waals surface area contributed by atoms with Gasteiger partial charge in [-0.2, -0.15) is 0 Å². The number of ether oxygens (including phenoxy) is 1. The molecule has 0 saturated heterocycles. The third kappa shape index (κ3) is 2.74. The molecular weight excluding hydrogens is 284 g/mol. The van der Waals surface area contributed by atoms with Crippen molar-refractivity contribution in [2.75, 3.05) is 12.8 Å². The SMILES string of the molecule is COc1ccc2c(N)c(C(=O)NC3CC=CCC3)sc2c1. The van der Waals surface area contributed by atoms with Gasteiger partial charge < -0.3 is 15.8 Å². The van der Waals surface area contributed by atoms with Crippen molar-refractivity contribution in [1.29, 1.82) is 0 Å². The number of hydrogen-bond donors (Lipinski definition) is 2. The molecular formula is C16H18N2O2S. The Morgan fingerprint density at radius 2 is 2.29 bits per heavy atom. The Hall–Kier alpha value is -2.01. The molecule has 0 saturated carbocycles. The van der Waals surface area contributed by atoms with E-state index in [2.05, 4.69) is 17.5 Å². The number of anilines is 1. The van der Waals surface area contributed by atoms with Crippen molar-refractivity contribution in [2.45, 2.75) is 25.3 Å². The summed E-state index contributed by atoms with van der Waals surface area (Å²) in [6.07, 6.45) is 7.17. The number of amides is 1. The molecule has 0 bridgehead atoms. The number of carbonyl (C=O) groups is 1. The summed E-state index contributed by atoms with van der Waals surface area (Å²) in [6, 6.07) is 5.89. The van der Waals surface area contributed by atoms with Crippen molar-refractivity contribution in [3.05, 3.63) is 35.2 Å². The first-order chi connectivity index (χ1) is 10.2. The van der Waals surface area contributed by atoms with E-state index >= 15 is 0 Å². The van der Waals surface area contributed by atoms with Crippen molar-refractivity contribution in [1.82, 2.24) is 5.32 Å². The summed E-state index contributed by atoms with van der Waals surface area (Å²) in [5, 5.41) is 3.99. The third-order valence-electron chi connectivity index (χ3n) is 3.75. The minimum atomic E-state index is -0.0760. The lowest BCUT2D eigenvalue weighted by Crippen LogP contribution is -2.35. The molecule has 0 spiro atoms. The predicted octanol–water partition coefficient (Wildman–Crippen LogP) is 3.33. The summed E-state index contributed by atoms with van der Waals surface area (Å²) >= 11 is 1.42. The molecule has 3 N–H and O–H groups in total. The molecule has 0 radical (unpaired) electrons. The van der Waals surface area contributed by atoms with Crippen LogP contribution in [0.1, 0.15) is 28.9 Å². The second kappa shape index (κ2) is 5.77. The van der Waals surface area contributed by atoms with Gasteiger partial charge in [0.1, 0.15) is 10.6 Å². The molecule has 0 fully saturated rings. The zero-order valence-corrected chi connectivity index (χ0v) is 12.7. The molecule has 2 aromatic rings. The van der Waals surface area contributed by atoms with Gasteiger partial charge in [0.05, 0.1) is 12.8 Å². The Morgan fingerprint density at radius 1 is 1.43 bits per heavy atom. The van der Waals surface area contributed by atoms with Gasteiger partial charge in [-0.3, -0.25) is 4.79 Å². The molecule has 3 rings (SSSR count). The molecule has 1 amide bonds. The number of carbonyl (C=O) groups excluding carboxylic acids is 1. The van der Waals surface area contributed by atoms with Crippen LogP contribution >= 0.6 is 11.3 Å². The number of methoxy groups -OCH3 is 1. The second-order valence-corrected chi connectivity index (χ2v) is 6.21. The molecule has 1 heterocycles. The predicted molar refractivity (Wildman–Crippen MR) is 87.0 cm³/mol. The fourth-order valence-electron chi connectivity index (χ4n) is 2.57. The first kappa shape index (κ1) is 13.9. The number of allylic oxidation sites excluding steroid dienone is 1. The van der Waals surface area contributed by atoms with Gasteiger partial charge in [0.15, 0.2) is 0 Å². The van der Waals surface area contributed by atoms with Crippen molar-refractivity contribution in [3.8, 4) is 5.75 Å². The van der Waals surface area contributed by atoms with Gasteiger partial charge in [0.25, 0.3) is 5.91 Å². The maximum atomic E-state index is 12.4. The summed E-state index contributed by atoms with van der Waals surface area (Å²) < 4.78 is 6.18. The Kier molecular flexibility index (Phi) is 3.84. The number of thiophene rings is 1. The van der Waals surface area contributed by atoms with Crippen molar-refractivity contribution in [3.63, 3.8) is 0 Å². The number of nitrogens with one attached hydrogen (secondary N) is 1. The lowest BCUT2D eigenvalue weighted by Gasteiger charge is -2.18. The largest absolute Gasteiger partial charge is 0.497 e. The topological polar surface area (TPSA) is 64.3 Å². The number of benzene rings is 1. The van der Waals surface area contributed by atoms with Gasteiger partial charge in [-0.05, 0) is 37.5 Å². The maximum absolute atomic E-state index is 12.4. The highest BCUT2D eigenvalue weighted by molar-refractivity contribution is 7.21. The smallest absolute Gasteiger partial charge is 0.263 e. The van der Waals surface area contributed by atoms with E-state index in [0.29, 0.717) is 10.6 Å². The maximum Gasteiger partial charge on any atom is 0.263 e. The van der Waals surface area contributed by atoms with Gasteiger partial charge in [-0.15, -0.1) is 11.3 Å². The normalized spacial score (nSPS) is 17.9. The van der Waals surface area contributed by atoms with Crippen molar-refractivity contribution in [2.24, 2.45) is 0 Å². The summed E-state index contributed by atoms with van der Waals surface area (Å²) in [5.74, 6) is 0.695. The molecule has 1 aliphatic rings. The zero-order valence-electron chi connectivity index (χ0n) is 11.9. The van der Waals surface area contributed by atoms with E-state index in [1.807, 2.05) is 18.2 Å². The first-order valence-corrected chi connectivity index (χ1v) is 7.82. The van der Waals surface area contributed by atoms with Crippen LogP contribution in [-0.2, 0) is 0 Å². The fraction of sp³-hybridized carbons (Fsp3) is 0.312. The zero-order chi connectivity index (χ0) is 14.8. The van der Waals surface area contributed by atoms with Crippen LogP contribution in [0.3, 0.4) is 0 Å². The van der Waals surface area contributed by atoms with E-state index in [1.54, 1.807) is 7.11 Å². The molecule has 5 heteroatoms. The summed E-state index contributed by atoms with van der Waals surface area (Å²) in [6.45, 7) is 0. The van der Waals surface area contributed by atoms with Crippen LogP contribution in [0.5, 0.6) is 5.75 Å². The number of hydrogen-bond acceptors (Lipinski definition) is 4. The molecule has 0 aliphatic heterocycles. The molecule has 1 aliphatic carbocycles. The number of fused-ring (bicyclic) bond motifs is 1. The molecule has 1 unspecified atom stereocenters. The van der Waals surface area contributed by atoms with E-state index in [4.69, 9.17) is 10.5 Å². The van der Waals surface area contributed by atoms with Crippen molar-refractivity contribution >= 4 is 33.0 Å². The number of nitrogens with two attached hydrogens (primary N) is 1. The van der Waals surface area contributed by atoms with E-state index in [9.17, 15) is 4.79 Å². The lowest BCUT2D eigenvalue weighted by atomic mass is 10.0. The highest BCUT2D eigenvalue weighted by Gasteiger charge is 2.20. The third-order valence-corrected chi connectivity index (χ3v) is 4.91. The molecule has 1 atom stereocenters. The van der Waals surface area contributed by atoms with Crippen molar-refractivity contribution < 1.29 is 9.53 Å². The van der Waals surface area contributed by atoms with Crippen LogP contribution in [0.15, 0.2) is 30.4 Å². The van der Waals surface area contributed by atoms with Crippen LogP contribution in [0.25, 0.3) is 10.1 Å². The average Bonchev–Trinajstić information content (AvgIpc) is 2.85. The molecule has 110 valence electrons. The monoisotopic (exact) mass is 302 g/mol. The summed E-state index contributed by atoms with van der Waals surface area (Å²) in [7, 11) is 1.63. The van der Waals surface area contributed by atoms with Gasteiger partial charge in [0.2, 0.25) is 0 Å². The standard InChI is InChI=1S/C16H18N2O2S/c1-20-11-7-8-12-13(9-11)21-15(14(12)17)16(19)18-10-5-3-2-4-6-10/h2-3,7-10H,4-6,17H2,1H3,(H,18,19). The first-order valence-electron chi connectivity index (χ1n) is 7.01. The van der Waals surface area contributed by atoms with Crippen LogP contribution in [0.2, 0.25) is 0 Å². The summed E-state index contributed by atoms with van der Waals surface area (Å²) in [5.41, 5.74) is 6.69. The number of rotatable bonds is 3. The van der Waals surface area contributed by atoms with Crippen LogP contribution < -0.4 is 15.8 Å². The molecule has 4 nitrogen and oxygen atoms in total. The minimum absolute atomic E-state index is 0.0760. The number of nitrogen functional groups attached to an aromatic ring is 1. The molecule has 21 heavy (non-hydrogen) atoms. The Morgan fingerprint density at radius 3 is 3.00 bits per heavy atom. The van der Waals surface area contributed by atoms with Gasteiger partial charge in [-0.1, -0.05) is 12.2 Å². The second-order valence-electron chi connectivity index (χ2n) is 5.16. The minimum Gasteiger partial charge on any atom is -0.497 e. The fourth-order valence-corrected chi connectivity index (χ4v) is 3.62. The molecule has 1 aromatic heterocycles. The Bertz CT molecular complexity index is 706. The van der Waals surface area contributed by atoms with Gasteiger partial charge in [-0.25, -0.2) is 0 Å². The van der Waals surface area contributed by atoms with E-state index < -0.39 is 0 Å². The van der Waals surface area contributed by atoms with E-state index in [0.717, 1.165) is 35.1 Å². The van der Waals surface area contributed by atoms with E-state index in [1.165, 1.54) is 11.3 Å². The van der Waals surface area contributed by atoms with Gasteiger partial charge in [0, 0.05) is 16.1 Å². The Balaban J connectivity index is 1.87. The van der Waals surface area contributed by atoms with Crippen LogP contribution in [0.4, 0.5) is 5.69 Å². The average molecular weight is 302 g/mol. The highest BCUT2D eigenvalue weighted by atomic mass is 32.1. The summed E-state index contributed by atoms with van der Waals surface area (Å²) in [4.78, 5) is 13.0.